The van der Waals surface area contributed by atoms with E-state index in [1.54, 1.807) is 37.4 Å². The Morgan fingerprint density at radius 2 is 1.67 bits per heavy atom. The third-order valence-corrected chi connectivity index (χ3v) is 6.14. The third kappa shape index (κ3) is 4.94. The Labute approximate surface area is 209 Å². The molecule has 188 valence electrons. The first-order valence-electron chi connectivity index (χ1n) is 11.5. The second-order valence-corrected chi connectivity index (χ2v) is 8.24. The summed E-state index contributed by atoms with van der Waals surface area (Å²) in [5, 5.41) is 14.1. The molecular formula is C28H30N2O6. The van der Waals surface area contributed by atoms with Gasteiger partial charge in [-0.25, -0.2) is 0 Å². The van der Waals surface area contributed by atoms with Gasteiger partial charge in [-0.2, -0.15) is 0 Å². The highest BCUT2D eigenvalue weighted by Gasteiger charge is 2.21. The minimum atomic E-state index is -0.480. The van der Waals surface area contributed by atoms with Crippen LogP contribution in [0.25, 0.3) is 22.0 Å². The van der Waals surface area contributed by atoms with Crippen molar-refractivity contribution in [2.45, 2.75) is 12.5 Å². The standard InChI is InChI=1S/C28H30N2O6/c1-33-20-9-10-22(23(14-20)17-12-25(34-2)27(36-4)26(13-17)35-3)28(32)30-19(16-31)11-18-15-29-24-8-6-5-7-21(18)24/h5-10,12-15,19,29,31H,11,16H2,1-4H3,(H,30,32)/t19-/m1/s1. The Balaban J connectivity index is 1.68. The number of hydrogen-bond acceptors (Lipinski definition) is 6. The highest BCUT2D eigenvalue weighted by Crippen LogP contribution is 2.42. The summed E-state index contributed by atoms with van der Waals surface area (Å²) >= 11 is 0. The van der Waals surface area contributed by atoms with Crippen LogP contribution in [0.2, 0.25) is 0 Å². The van der Waals surface area contributed by atoms with Crippen molar-refractivity contribution in [3.05, 3.63) is 71.9 Å². The predicted octanol–water partition coefficient (Wildman–Crippen LogP) is 4.20. The van der Waals surface area contributed by atoms with Gasteiger partial charge in [-0.05, 0) is 59.5 Å². The molecule has 1 amide bonds. The summed E-state index contributed by atoms with van der Waals surface area (Å²) in [5.41, 5.74) is 3.75. The van der Waals surface area contributed by atoms with Gasteiger partial charge in [0.25, 0.3) is 5.91 Å². The minimum absolute atomic E-state index is 0.207. The van der Waals surface area contributed by atoms with Gasteiger partial charge in [0.1, 0.15) is 5.75 Å². The lowest BCUT2D eigenvalue weighted by Gasteiger charge is -2.19. The molecule has 0 spiro atoms. The summed E-state index contributed by atoms with van der Waals surface area (Å²) in [6.07, 6.45) is 2.39. The van der Waals surface area contributed by atoms with Crippen LogP contribution in [0, 0.1) is 0 Å². The molecule has 3 N–H and O–H groups in total. The number of ether oxygens (including phenoxy) is 4. The Bertz CT molecular complexity index is 1340. The van der Waals surface area contributed by atoms with Gasteiger partial charge in [-0.3, -0.25) is 4.79 Å². The van der Waals surface area contributed by atoms with Crippen molar-refractivity contribution < 1.29 is 28.8 Å². The van der Waals surface area contributed by atoms with Crippen LogP contribution in [0.4, 0.5) is 0 Å². The van der Waals surface area contributed by atoms with E-state index in [2.05, 4.69) is 10.3 Å². The number of carbonyl (C=O) groups excluding carboxylic acids is 1. The number of hydrogen-bond donors (Lipinski definition) is 3. The number of aliphatic hydroxyl groups is 1. The van der Waals surface area contributed by atoms with Crippen molar-refractivity contribution in [2.75, 3.05) is 35.0 Å². The van der Waals surface area contributed by atoms with E-state index < -0.39 is 6.04 Å². The highest BCUT2D eigenvalue weighted by molar-refractivity contribution is 6.01. The van der Waals surface area contributed by atoms with Crippen LogP contribution in [0.15, 0.2) is 60.8 Å². The van der Waals surface area contributed by atoms with Crippen LogP contribution in [0.5, 0.6) is 23.0 Å². The van der Waals surface area contributed by atoms with E-state index in [0.717, 1.165) is 16.5 Å². The summed E-state index contributed by atoms with van der Waals surface area (Å²) in [5.74, 6) is 1.66. The number of rotatable bonds is 10. The number of benzene rings is 3. The molecule has 0 unspecified atom stereocenters. The predicted molar refractivity (Wildman–Crippen MR) is 138 cm³/mol. The third-order valence-electron chi connectivity index (χ3n) is 6.14. The molecule has 0 bridgehead atoms. The van der Waals surface area contributed by atoms with E-state index >= 15 is 0 Å². The quantitative estimate of drug-likeness (QED) is 0.308. The van der Waals surface area contributed by atoms with Crippen LogP contribution < -0.4 is 24.3 Å². The van der Waals surface area contributed by atoms with Crippen LogP contribution in [-0.4, -0.2) is 57.1 Å². The van der Waals surface area contributed by atoms with E-state index in [9.17, 15) is 9.90 Å². The molecule has 0 saturated heterocycles. The monoisotopic (exact) mass is 490 g/mol. The molecule has 0 aliphatic carbocycles. The average Bonchev–Trinajstić information content (AvgIpc) is 3.33. The topological polar surface area (TPSA) is 102 Å². The number of fused-ring (bicyclic) bond motifs is 1. The van der Waals surface area contributed by atoms with E-state index in [4.69, 9.17) is 18.9 Å². The Kier molecular flexibility index (Phi) is 7.65. The maximum atomic E-state index is 13.5. The van der Waals surface area contributed by atoms with Gasteiger partial charge in [0.2, 0.25) is 5.75 Å². The number of aromatic nitrogens is 1. The summed E-state index contributed by atoms with van der Waals surface area (Å²) in [7, 11) is 6.18. The molecule has 8 heteroatoms. The van der Waals surface area contributed by atoms with Crippen molar-refractivity contribution in [1.82, 2.24) is 10.3 Å². The fourth-order valence-electron chi connectivity index (χ4n) is 4.31. The van der Waals surface area contributed by atoms with Gasteiger partial charge in [-0.1, -0.05) is 18.2 Å². The average molecular weight is 491 g/mol. The number of amides is 1. The van der Waals surface area contributed by atoms with Crippen molar-refractivity contribution >= 4 is 16.8 Å². The zero-order valence-electron chi connectivity index (χ0n) is 20.8. The SMILES string of the molecule is COc1ccc(C(=O)N[C@@H](CO)Cc2c[nH]c3ccccc23)c(-c2cc(OC)c(OC)c(OC)c2)c1. The lowest BCUT2D eigenvalue weighted by atomic mass is 9.97. The molecule has 8 nitrogen and oxygen atoms in total. The first-order valence-corrected chi connectivity index (χ1v) is 11.5. The van der Waals surface area contributed by atoms with Gasteiger partial charge in [0.05, 0.1) is 41.1 Å². The Morgan fingerprint density at radius 3 is 2.31 bits per heavy atom. The smallest absolute Gasteiger partial charge is 0.252 e. The first kappa shape index (κ1) is 24.9. The van der Waals surface area contributed by atoms with Gasteiger partial charge < -0.3 is 34.4 Å². The van der Waals surface area contributed by atoms with E-state index in [1.807, 2.05) is 30.5 Å². The summed E-state index contributed by atoms with van der Waals surface area (Å²) in [6.45, 7) is -0.207. The van der Waals surface area contributed by atoms with Crippen molar-refractivity contribution in [1.29, 1.82) is 0 Å². The fourth-order valence-corrected chi connectivity index (χ4v) is 4.31. The molecule has 1 heterocycles. The zero-order chi connectivity index (χ0) is 25.7. The van der Waals surface area contributed by atoms with E-state index in [-0.39, 0.29) is 12.5 Å². The number of methoxy groups -OCH3 is 4. The minimum Gasteiger partial charge on any atom is -0.497 e. The second kappa shape index (κ2) is 11.0. The van der Waals surface area contributed by atoms with Crippen LogP contribution in [0.1, 0.15) is 15.9 Å². The molecule has 0 aliphatic heterocycles. The van der Waals surface area contributed by atoms with Crippen molar-refractivity contribution in [3.8, 4) is 34.1 Å². The summed E-state index contributed by atoms with van der Waals surface area (Å²) < 4.78 is 21.9. The molecule has 0 radical (unpaired) electrons. The van der Waals surface area contributed by atoms with Crippen LogP contribution in [0.3, 0.4) is 0 Å². The van der Waals surface area contributed by atoms with Gasteiger partial charge >= 0.3 is 0 Å². The molecule has 1 aromatic heterocycles. The van der Waals surface area contributed by atoms with Gasteiger partial charge in [-0.15, -0.1) is 0 Å². The van der Waals surface area contributed by atoms with E-state index in [0.29, 0.717) is 46.1 Å². The molecule has 0 aliphatic rings. The largest absolute Gasteiger partial charge is 0.497 e. The molecule has 36 heavy (non-hydrogen) atoms. The number of aromatic amines is 1. The zero-order valence-corrected chi connectivity index (χ0v) is 20.8. The van der Waals surface area contributed by atoms with Crippen LogP contribution in [-0.2, 0) is 6.42 Å². The second-order valence-electron chi connectivity index (χ2n) is 8.24. The maximum Gasteiger partial charge on any atom is 0.252 e. The van der Waals surface area contributed by atoms with E-state index in [1.165, 1.54) is 21.3 Å². The summed E-state index contributed by atoms with van der Waals surface area (Å²) in [6, 6.07) is 16.2. The molecule has 3 aromatic carbocycles. The van der Waals surface area contributed by atoms with Crippen LogP contribution >= 0.6 is 0 Å². The Morgan fingerprint density at radius 1 is 0.944 bits per heavy atom. The molecule has 4 rings (SSSR count). The van der Waals surface area contributed by atoms with Crippen molar-refractivity contribution in [3.63, 3.8) is 0 Å². The lowest BCUT2D eigenvalue weighted by Crippen LogP contribution is -2.39. The highest BCUT2D eigenvalue weighted by atomic mass is 16.5. The van der Waals surface area contributed by atoms with Crippen molar-refractivity contribution in [2.24, 2.45) is 0 Å². The molecule has 0 fully saturated rings. The number of aliphatic hydroxyl groups excluding tert-OH is 1. The summed E-state index contributed by atoms with van der Waals surface area (Å²) in [4.78, 5) is 16.7. The fraction of sp³-hybridized carbons (Fsp3) is 0.250. The number of H-pyrrole nitrogens is 1. The molecular weight excluding hydrogens is 460 g/mol. The number of nitrogens with one attached hydrogen (secondary N) is 2. The maximum absolute atomic E-state index is 13.5. The number of para-hydroxylation sites is 1. The first-order chi connectivity index (χ1) is 17.5. The lowest BCUT2D eigenvalue weighted by molar-refractivity contribution is 0.0917. The van der Waals surface area contributed by atoms with Gasteiger partial charge in [0, 0.05) is 22.7 Å². The number of carbonyl (C=O) groups is 1. The molecule has 0 saturated carbocycles. The Hall–Kier alpha value is -4.17. The molecule has 4 aromatic rings. The molecule has 1 atom stereocenters. The normalized spacial score (nSPS) is 11.7. The van der Waals surface area contributed by atoms with Gasteiger partial charge in [0.15, 0.2) is 11.5 Å².